The van der Waals surface area contributed by atoms with Crippen molar-refractivity contribution in [2.75, 3.05) is 0 Å². The average Bonchev–Trinajstić information content (AvgIpc) is 2.86. The third-order valence-electron chi connectivity index (χ3n) is 3.50. The van der Waals surface area contributed by atoms with Gasteiger partial charge in [-0.05, 0) is 18.1 Å². The molecular weight excluding hydrogens is 274 g/mol. The van der Waals surface area contributed by atoms with Gasteiger partial charge in [0, 0.05) is 30.9 Å². The van der Waals surface area contributed by atoms with Crippen molar-refractivity contribution in [3.8, 4) is 0 Å². The second-order valence-electron chi connectivity index (χ2n) is 5.10. The van der Waals surface area contributed by atoms with Gasteiger partial charge in [-0.1, -0.05) is 30.3 Å². The molecule has 0 bridgehead atoms. The highest BCUT2D eigenvalue weighted by Crippen LogP contribution is 2.15. The minimum Gasteiger partial charge on any atom is -0.269 e. The van der Waals surface area contributed by atoms with Crippen LogP contribution in [0.25, 0.3) is 0 Å². The summed E-state index contributed by atoms with van der Waals surface area (Å²) in [6, 6.07) is 11.1. The molecule has 6 heteroatoms. The fourth-order valence-electron chi connectivity index (χ4n) is 2.56. The molecule has 0 saturated carbocycles. The Morgan fingerprint density at radius 1 is 1.25 bits per heavy atom. The van der Waals surface area contributed by atoms with Crippen molar-refractivity contribution in [1.29, 1.82) is 0 Å². The standard InChI is InChI=1S/C14H17N3O2S/c18-20(19,11-12-4-2-1-3-5-12)16-13-7-9-17-14(10-13)6-8-15-17/h1-6,8,13,16H,7,9-11H2. The van der Waals surface area contributed by atoms with Crippen molar-refractivity contribution in [3.05, 3.63) is 53.9 Å². The first-order chi connectivity index (χ1) is 9.62. The van der Waals surface area contributed by atoms with Crippen LogP contribution in [0.2, 0.25) is 0 Å². The maximum atomic E-state index is 12.2. The lowest BCUT2D eigenvalue weighted by Crippen LogP contribution is -2.40. The number of hydrogen-bond donors (Lipinski definition) is 1. The predicted octanol–water partition coefficient (Wildman–Crippen LogP) is 1.32. The summed E-state index contributed by atoms with van der Waals surface area (Å²) in [6.45, 7) is 0.765. The minimum absolute atomic E-state index is 0.0314. The average molecular weight is 291 g/mol. The molecule has 2 heterocycles. The Balaban J connectivity index is 1.66. The molecule has 3 rings (SSSR count). The lowest BCUT2D eigenvalue weighted by atomic mass is 10.1. The lowest BCUT2D eigenvalue weighted by Gasteiger charge is -2.24. The molecule has 0 aliphatic carbocycles. The van der Waals surface area contributed by atoms with E-state index in [0.29, 0.717) is 6.42 Å². The number of fused-ring (bicyclic) bond motifs is 1. The second-order valence-corrected chi connectivity index (χ2v) is 6.85. The van der Waals surface area contributed by atoms with E-state index in [1.54, 1.807) is 6.20 Å². The van der Waals surface area contributed by atoms with Crippen molar-refractivity contribution >= 4 is 10.0 Å². The Hall–Kier alpha value is -1.66. The summed E-state index contributed by atoms with van der Waals surface area (Å²) in [6.07, 6.45) is 3.24. The van der Waals surface area contributed by atoms with Crippen LogP contribution in [0.1, 0.15) is 17.7 Å². The summed E-state index contributed by atoms with van der Waals surface area (Å²) in [5.74, 6) is 0.0314. The molecule has 0 saturated heterocycles. The zero-order valence-corrected chi connectivity index (χ0v) is 11.9. The third-order valence-corrected chi connectivity index (χ3v) is 4.90. The van der Waals surface area contributed by atoms with Crippen molar-refractivity contribution < 1.29 is 8.42 Å². The highest BCUT2D eigenvalue weighted by Gasteiger charge is 2.23. The molecule has 1 unspecified atom stereocenters. The van der Waals surface area contributed by atoms with Gasteiger partial charge in [-0.3, -0.25) is 4.68 Å². The fraction of sp³-hybridized carbons (Fsp3) is 0.357. The Morgan fingerprint density at radius 3 is 2.85 bits per heavy atom. The molecule has 1 atom stereocenters. The van der Waals surface area contributed by atoms with Crippen LogP contribution in [0.4, 0.5) is 0 Å². The molecule has 1 aliphatic rings. The summed E-state index contributed by atoms with van der Waals surface area (Å²) < 4.78 is 29.1. The lowest BCUT2D eigenvalue weighted by molar-refractivity contribution is 0.414. The number of benzene rings is 1. The fourth-order valence-corrected chi connectivity index (χ4v) is 3.98. The zero-order valence-electron chi connectivity index (χ0n) is 11.1. The monoisotopic (exact) mass is 291 g/mol. The van der Waals surface area contributed by atoms with Gasteiger partial charge in [-0.15, -0.1) is 0 Å². The van der Waals surface area contributed by atoms with E-state index in [0.717, 1.165) is 24.2 Å². The molecule has 0 amide bonds. The van der Waals surface area contributed by atoms with Gasteiger partial charge in [0.15, 0.2) is 0 Å². The van der Waals surface area contributed by atoms with Gasteiger partial charge in [0.2, 0.25) is 10.0 Å². The Kier molecular flexibility index (Phi) is 3.58. The molecule has 1 aromatic heterocycles. The maximum Gasteiger partial charge on any atom is 0.216 e. The van der Waals surface area contributed by atoms with Crippen LogP contribution in [-0.4, -0.2) is 24.2 Å². The molecule has 0 radical (unpaired) electrons. The van der Waals surface area contributed by atoms with Gasteiger partial charge in [0.1, 0.15) is 0 Å². The largest absolute Gasteiger partial charge is 0.269 e. The van der Waals surface area contributed by atoms with E-state index >= 15 is 0 Å². The van der Waals surface area contributed by atoms with Crippen LogP contribution in [-0.2, 0) is 28.7 Å². The number of nitrogens with one attached hydrogen (secondary N) is 1. The van der Waals surface area contributed by atoms with Gasteiger partial charge in [-0.25, -0.2) is 13.1 Å². The molecule has 106 valence electrons. The molecule has 20 heavy (non-hydrogen) atoms. The van der Waals surface area contributed by atoms with Crippen molar-refractivity contribution in [2.45, 2.75) is 31.2 Å². The summed E-state index contributed by atoms with van der Waals surface area (Å²) in [5.41, 5.74) is 1.89. The predicted molar refractivity (Wildman–Crippen MR) is 76.5 cm³/mol. The smallest absolute Gasteiger partial charge is 0.216 e. The van der Waals surface area contributed by atoms with E-state index in [9.17, 15) is 8.42 Å². The number of rotatable bonds is 4. The minimum atomic E-state index is -3.30. The van der Waals surface area contributed by atoms with Gasteiger partial charge < -0.3 is 0 Å². The Morgan fingerprint density at radius 2 is 2.05 bits per heavy atom. The first kappa shape index (κ1) is 13.3. The van der Waals surface area contributed by atoms with E-state index in [4.69, 9.17) is 0 Å². The second kappa shape index (κ2) is 5.38. The van der Waals surface area contributed by atoms with Crippen molar-refractivity contribution in [3.63, 3.8) is 0 Å². The van der Waals surface area contributed by atoms with Crippen molar-refractivity contribution in [1.82, 2.24) is 14.5 Å². The summed E-state index contributed by atoms with van der Waals surface area (Å²) in [5, 5.41) is 4.19. The molecule has 2 aromatic rings. The molecule has 5 nitrogen and oxygen atoms in total. The Labute approximate surface area is 118 Å². The van der Waals surface area contributed by atoms with Crippen LogP contribution in [0.15, 0.2) is 42.6 Å². The molecular formula is C14H17N3O2S. The van der Waals surface area contributed by atoms with Gasteiger partial charge in [0.05, 0.1) is 5.75 Å². The third kappa shape index (κ3) is 3.08. The number of aromatic nitrogens is 2. The number of aryl methyl sites for hydroxylation is 1. The van der Waals surface area contributed by atoms with Crippen LogP contribution >= 0.6 is 0 Å². The van der Waals surface area contributed by atoms with E-state index in [1.165, 1.54) is 0 Å². The SMILES string of the molecule is O=S(=O)(Cc1ccccc1)NC1CCn2nccc2C1. The van der Waals surface area contributed by atoms with E-state index in [1.807, 2.05) is 41.1 Å². The number of sulfonamides is 1. The van der Waals surface area contributed by atoms with Crippen LogP contribution in [0, 0.1) is 0 Å². The van der Waals surface area contributed by atoms with E-state index < -0.39 is 10.0 Å². The highest BCUT2D eigenvalue weighted by atomic mass is 32.2. The Bertz CT molecular complexity index is 679. The van der Waals surface area contributed by atoms with E-state index in [2.05, 4.69) is 9.82 Å². The van der Waals surface area contributed by atoms with Gasteiger partial charge in [0.25, 0.3) is 0 Å². The van der Waals surface area contributed by atoms with E-state index in [-0.39, 0.29) is 11.8 Å². The normalized spacial score (nSPS) is 18.7. The summed E-state index contributed by atoms with van der Waals surface area (Å²) >= 11 is 0. The van der Waals surface area contributed by atoms with Crippen LogP contribution in [0.5, 0.6) is 0 Å². The first-order valence-corrected chi connectivity index (χ1v) is 8.32. The molecule has 1 N–H and O–H groups in total. The van der Waals surface area contributed by atoms with Crippen LogP contribution in [0.3, 0.4) is 0 Å². The molecule has 0 spiro atoms. The van der Waals surface area contributed by atoms with Gasteiger partial charge in [-0.2, -0.15) is 5.10 Å². The highest BCUT2D eigenvalue weighted by molar-refractivity contribution is 7.88. The summed E-state index contributed by atoms with van der Waals surface area (Å²) in [7, 11) is -3.30. The number of nitrogens with zero attached hydrogens (tertiary/aromatic N) is 2. The molecule has 0 fully saturated rings. The number of hydrogen-bond acceptors (Lipinski definition) is 3. The first-order valence-electron chi connectivity index (χ1n) is 6.67. The zero-order chi connectivity index (χ0) is 14.0. The maximum absolute atomic E-state index is 12.2. The van der Waals surface area contributed by atoms with Crippen LogP contribution < -0.4 is 4.72 Å². The quantitative estimate of drug-likeness (QED) is 0.924. The van der Waals surface area contributed by atoms with Gasteiger partial charge >= 0.3 is 0 Å². The topological polar surface area (TPSA) is 64.0 Å². The molecule has 1 aromatic carbocycles. The summed E-state index contributed by atoms with van der Waals surface area (Å²) in [4.78, 5) is 0. The molecule has 1 aliphatic heterocycles. The van der Waals surface area contributed by atoms with Crippen molar-refractivity contribution in [2.24, 2.45) is 0 Å².